The fourth-order valence-corrected chi connectivity index (χ4v) is 5.70. The lowest BCUT2D eigenvalue weighted by atomic mass is 9.78. The van der Waals surface area contributed by atoms with Crippen LogP contribution in [-0.2, 0) is 16.1 Å². The largest absolute Gasteiger partial charge is 0.327 e. The number of rotatable bonds is 3. The van der Waals surface area contributed by atoms with Crippen LogP contribution in [0.5, 0.6) is 0 Å². The molecule has 3 heterocycles. The Morgan fingerprint density at radius 3 is 2.63 bits per heavy atom. The van der Waals surface area contributed by atoms with Crippen molar-refractivity contribution < 1.29 is 19.2 Å². The summed E-state index contributed by atoms with van der Waals surface area (Å²) < 4.78 is 0. The summed E-state index contributed by atoms with van der Waals surface area (Å²) in [7, 11) is 0. The quantitative estimate of drug-likeness (QED) is 0.708. The monoisotopic (exact) mass is 410 g/mol. The molecule has 3 aliphatic heterocycles. The van der Waals surface area contributed by atoms with Gasteiger partial charge >= 0.3 is 0 Å². The van der Waals surface area contributed by atoms with Crippen molar-refractivity contribution >= 4 is 23.6 Å². The molecule has 0 spiro atoms. The van der Waals surface area contributed by atoms with E-state index in [1.165, 1.54) is 12.8 Å². The van der Waals surface area contributed by atoms with Gasteiger partial charge in [0.05, 0.1) is 11.1 Å². The number of carbonyl (C=O) groups is 4. The molecular weight excluding hydrogens is 384 g/mol. The van der Waals surface area contributed by atoms with Gasteiger partial charge in [-0.3, -0.25) is 34.3 Å². The number of fused-ring (bicyclic) bond motifs is 2. The number of nitrogens with two attached hydrogens (primary N) is 1. The number of piperidine rings is 1. The normalized spacial score (nSPS) is 31.7. The number of imide groups is 2. The lowest BCUT2D eigenvalue weighted by Crippen LogP contribution is -2.54. The van der Waals surface area contributed by atoms with Crippen LogP contribution in [0.25, 0.3) is 0 Å². The summed E-state index contributed by atoms with van der Waals surface area (Å²) in [5.41, 5.74) is 7.89. The molecule has 8 heteroatoms. The van der Waals surface area contributed by atoms with Crippen LogP contribution in [0.4, 0.5) is 0 Å². The second kappa shape index (κ2) is 7.28. The standard InChI is InChI=1S/C22H26N4O4/c23-16-6-2-3-12-9-25(11-15(12)16)10-13-4-1-5-14-19(13)22(30)26(21(14)29)17-7-8-18(27)24-20(17)28/h1,4-5,12,15-17H,2-3,6-11,23H2,(H,24,27,28). The van der Waals surface area contributed by atoms with Crippen molar-refractivity contribution in [1.29, 1.82) is 0 Å². The molecule has 3 N–H and O–H groups in total. The summed E-state index contributed by atoms with van der Waals surface area (Å²) >= 11 is 0. The first-order valence-electron chi connectivity index (χ1n) is 10.8. The summed E-state index contributed by atoms with van der Waals surface area (Å²) in [5.74, 6) is -0.755. The van der Waals surface area contributed by atoms with Gasteiger partial charge in [0, 0.05) is 32.1 Å². The molecule has 1 aromatic rings. The van der Waals surface area contributed by atoms with Gasteiger partial charge in [0.2, 0.25) is 11.8 Å². The zero-order valence-corrected chi connectivity index (χ0v) is 16.8. The Bertz CT molecular complexity index is 945. The molecule has 0 radical (unpaired) electrons. The molecule has 158 valence electrons. The Morgan fingerprint density at radius 1 is 1.03 bits per heavy atom. The van der Waals surface area contributed by atoms with E-state index in [1.807, 2.05) is 6.07 Å². The predicted molar refractivity (Wildman–Crippen MR) is 107 cm³/mol. The first kappa shape index (κ1) is 19.4. The second-order valence-corrected chi connectivity index (χ2v) is 9.00. The van der Waals surface area contributed by atoms with E-state index in [4.69, 9.17) is 5.73 Å². The molecule has 1 saturated carbocycles. The van der Waals surface area contributed by atoms with E-state index in [-0.39, 0.29) is 24.8 Å². The third kappa shape index (κ3) is 3.06. The number of nitrogens with one attached hydrogen (secondary N) is 1. The van der Waals surface area contributed by atoms with Crippen LogP contribution in [0.15, 0.2) is 18.2 Å². The van der Waals surface area contributed by atoms with E-state index in [0.29, 0.717) is 29.5 Å². The molecule has 3 fully saturated rings. The van der Waals surface area contributed by atoms with Gasteiger partial charge < -0.3 is 5.73 Å². The number of nitrogens with zero attached hydrogens (tertiary/aromatic N) is 2. The summed E-state index contributed by atoms with van der Waals surface area (Å²) in [6.07, 6.45) is 3.73. The van der Waals surface area contributed by atoms with Crippen LogP contribution in [0, 0.1) is 11.8 Å². The van der Waals surface area contributed by atoms with Crippen LogP contribution < -0.4 is 11.1 Å². The van der Waals surface area contributed by atoms with Gasteiger partial charge in [-0.05, 0) is 42.7 Å². The highest BCUT2D eigenvalue weighted by Gasteiger charge is 2.46. The molecule has 8 nitrogen and oxygen atoms in total. The molecule has 0 aromatic heterocycles. The molecule has 30 heavy (non-hydrogen) atoms. The predicted octanol–water partition coefficient (Wildman–Crippen LogP) is 0.647. The molecule has 5 rings (SSSR count). The Hall–Kier alpha value is -2.58. The Morgan fingerprint density at radius 2 is 1.87 bits per heavy atom. The molecular formula is C22H26N4O4. The molecule has 4 aliphatic rings. The van der Waals surface area contributed by atoms with Crippen molar-refractivity contribution in [3.63, 3.8) is 0 Å². The molecule has 1 aromatic carbocycles. The number of hydrogen-bond acceptors (Lipinski definition) is 6. The third-order valence-electron chi connectivity index (χ3n) is 7.18. The van der Waals surface area contributed by atoms with Gasteiger partial charge in [0.15, 0.2) is 0 Å². The fourth-order valence-electron chi connectivity index (χ4n) is 5.70. The second-order valence-electron chi connectivity index (χ2n) is 9.00. The average molecular weight is 410 g/mol. The van der Waals surface area contributed by atoms with Crippen LogP contribution in [0.1, 0.15) is 58.4 Å². The van der Waals surface area contributed by atoms with Gasteiger partial charge in [0.25, 0.3) is 11.8 Å². The van der Waals surface area contributed by atoms with Crippen LogP contribution >= 0.6 is 0 Å². The Labute approximate surface area is 174 Å². The number of likely N-dealkylation sites (tertiary alicyclic amines) is 1. The SMILES string of the molecule is NC1CCCC2CN(Cc3cccc4c3C(=O)N(C3CCC(=O)NC3=O)C4=O)CC12. The molecule has 2 saturated heterocycles. The highest BCUT2D eigenvalue weighted by Crippen LogP contribution is 2.37. The summed E-state index contributed by atoms with van der Waals surface area (Å²) in [4.78, 5) is 53.3. The number of benzene rings is 1. The zero-order valence-electron chi connectivity index (χ0n) is 16.8. The van der Waals surface area contributed by atoms with E-state index in [1.54, 1.807) is 12.1 Å². The van der Waals surface area contributed by atoms with Gasteiger partial charge in [-0.15, -0.1) is 0 Å². The van der Waals surface area contributed by atoms with Crippen LogP contribution in [0.2, 0.25) is 0 Å². The number of carbonyl (C=O) groups excluding carboxylic acids is 4. The molecule has 1 aliphatic carbocycles. The first-order chi connectivity index (χ1) is 14.4. The maximum Gasteiger partial charge on any atom is 0.262 e. The fraction of sp³-hybridized carbons (Fsp3) is 0.545. The highest BCUT2D eigenvalue weighted by atomic mass is 16.2. The summed E-state index contributed by atoms with van der Waals surface area (Å²) in [5, 5.41) is 2.24. The minimum Gasteiger partial charge on any atom is -0.327 e. The van der Waals surface area contributed by atoms with Gasteiger partial charge in [-0.1, -0.05) is 18.6 Å². The van der Waals surface area contributed by atoms with Crippen molar-refractivity contribution in [2.45, 2.75) is 50.7 Å². The minimum absolute atomic E-state index is 0.119. The zero-order chi connectivity index (χ0) is 21.0. The van der Waals surface area contributed by atoms with Crippen molar-refractivity contribution in [2.75, 3.05) is 13.1 Å². The maximum absolute atomic E-state index is 13.2. The number of amides is 4. The first-order valence-corrected chi connectivity index (χ1v) is 10.8. The third-order valence-corrected chi connectivity index (χ3v) is 7.18. The van der Waals surface area contributed by atoms with E-state index in [2.05, 4.69) is 10.2 Å². The maximum atomic E-state index is 13.2. The van der Waals surface area contributed by atoms with Crippen molar-refractivity contribution in [2.24, 2.45) is 17.6 Å². The molecule has 4 unspecified atom stereocenters. The van der Waals surface area contributed by atoms with Crippen molar-refractivity contribution in [3.05, 3.63) is 34.9 Å². The highest BCUT2D eigenvalue weighted by molar-refractivity contribution is 6.24. The lowest BCUT2D eigenvalue weighted by molar-refractivity contribution is -0.136. The van der Waals surface area contributed by atoms with Crippen molar-refractivity contribution in [1.82, 2.24) is 15.1 Å². The van der Waals surface area contributed by atoms with Crippen LogP contribution in [0.3, 0.4) is 0 Å². The number of hydrogen-bond donors (Lipinski definition) is 2. The van der Waals surface area contributed by atoms with E-state index >= 15 is 0 Å². The molecule has 4 amide bonds. The van der Waals surface area contributed by atoms with Gasteiger partial charge in [-0.25, -0.2) is 0 Å². The Kier molecular flexibility index (Phi) is 4.71. The lowest BCUT2D eigenvalue weighted by Gasteiger charge is -2.29. The van der Waals surface area contributed by atoms with Gasteiger partial charge in [-0.2, -0.15) is 0 Å². The minimum atomic E-state index is -0.935. The smallest absolute Gasteiger partial charge is 0.262 e. The summed E-state index contributed by atoms with van der Waals surface area (Å²) in [6.45, 7) is 2.46. The van der Waals surface area contributed by atoms with Crippen LogP contribution in [-0.4, -0.2) is 58.6 Å². The molecule has 0 bridgehead atoms. The van der Waals surface area contributed by atoms with E-state index < -0.39 is 23.8 Å². The Balaban J connectivity index is 1.39. The molecule has 4 atom stereocenters. The van der Waals surface area contributed by atoms with Gasteiger partial charge in [0.1, 0.15) is 6.04 Å². The topological polar surface area (TPSA) is 113 Å². The van der Waals surface area contributed by atoms with E-state index in [0.717, 1.165) is 30.0 Å². The average Bonchev–Trinajstić information content (AvgIpc) is 3.23. The van der Waals surface area contributed by atoms with E-state index in [9.17, 15) is 19.2 Å². The van der Waals surface area contributed by atoms with Crippen molar-refractivity contribution in [3.8, 4) is 0 Å². The summed E-state index contributed by atoms with van der Waals surface area (Å²) in [6, 6.07) is 4.63.